The smallest absolute Gasteiger partial charge is 0.335 e. The standard InChI is InChI=1S/C16H16BrN3O4/c17-9-1-3-10(4-2-9)18-15(22)11-6-8-14(20-11)24-16(23)12-5-7-13(21)19-12/h1-4,11-12H,5-8H2,(H,18,22)(H,19,21)/t11-,12+/m1/s1. The summed E-state index contributed by atoms with van der Waals surface area (Å²) in [5.74, 6) is -0.666. The van der Waals surface area contributed by atoms with Crippen LogP contribution in [0, 0.1) is 0 Å². The first kappa shape index (κ1) is 16.6. The molecule has 0 saturated carbocycles. The van der Waals surface area contributed by atoms with Gasteiger partial charge in [-0.2, -0.15) is 0 Å². The van der Waals surface area contributed by atoms with E-state index in [2.05, 4.69) is 31.6 Å². The fourth-order valence-electron chi connectivity index (χ4n) is 2.57. The molecule has 2 atom stereocenters. The number of esters is 1. The monoisotopic (exact) mass is 393 g/mol. The quantitative estimate of drug-likeness (QED) is 0.764. The van der Waals surface area contributed by atoms with Crippen LogP contribution in [0.4, 0.5) is 5.69 Å². The van der Waals surface area contributed by atoms with Crippen LogP contribution in [0.3, 0.4) is 0 Å². The first-order chi connectivity index (χ1) is 11.5. The summed E-state index contributed by atoms with van der Waals surface area (Å²) in [7, 11) is 0. The summed E-state index contributed by atoms with van der Waals surface area (Å²) < 4.78 is 6.12. The van der Waals surface area contributed by atoms with Gasteiger partial charge in [-0.25, -0.2) is 9.79 Å². The summed E-state index contributed by atoms with van der Waals surface area (Å²) in [5.41, 5.74) is 0.678. The van der Waals surface area contributed by atoms with Crippen molar-refractivity contribution in [2.45, 2.75) is 37.8 Å². The van der Waals surface area contributed by atoms with Gasteiger partial charge in [0.2, 0.25) is 11.8 Å². The normalized spacial score (nSPS) is 22.7. The Morgan fingerprint density at radius 1 is 1.21 bits per heavy atom. The van der Waals surface area contributed by atoms with Gasteiger partial charge in [0.1, 0.15) is 12.1 Å². The Morgan fingerprint density at radius 3 is 2.62 bits per heavy atom. The molecule has 0 radical (unpaired) electrons. The maximum absolute atomic E-state index is 12.2. The van der Waals surface area contributed by atoms with E-state index in [1.165, 1.54) is 0 Å². The van der Waals surface area contributed by atoms with Gasteiger partial charge in [-0.05, 0) is 37.1 Å². The highest BCUT2D eigenvalue weighted by Crippen LogP contribution is 2.19. The topological polar surface area (TPSA) is 96.9 Å². The van der Waals surface area contributed by atoms with Crippen molar-refractivity contribution in [3.8, 4) is 0 Å². The molecule has 1 aromatic rings. The molecule has 2 heterocycles. The van der Waals surface area contributed by atoms with Gasteiger partial charge in [-0.15, -0.1) is 0 Å². The molecule has 7 nitrogen and oxygen atoms in total. The summed E-state index contributed by atoms with van der Waals surface area (Å²) in [6.45, 7) is 0. The number of amides is 2. The Bertz CT molecular complexity index is 702. The lowest BCUT2D eigenvalue weighted by molar-refractivity contribution is -0.138. The van der Waals surface area contributed by atoms with E-state index >= 15 is 0 Å². The van der Waals surface area contributed by atoms with Crippen LogP contribution in [0.5, 0.6) is 0 Å². The molecule has 2 N–H and O–H groups in total. The van der Waals surface area contributed by atoms with Crippen molar-refractivity contribution < 1.29 is 19.1 Å². The number of carbonyl (C=O) groups excluding carboxylic acids is 3. The predicted molar refractivity (Wildman–Crippen MR) is 90.5 cm³/mol. The van der Waals surface area contributed by atoms with E-state index in [-0.39, 0.29) is 17.7 Å². The van der Waals surface area contributed by atoms with Crippen LogP contribution >= 0.6 is 15.9 Å². The zero-order valence-electron chi connectivity index (χ0n) is 12.8. The number of hydrogen-bond acceptors (Lipinski definition) is 5. The summed E-state index contributed by atoms with van der Waals surface area (Å²) in [6, 6.07) is 6.03. The molecule has 1 aromatic carbocycles. The molecule has 2 amide bonds. The fourth-order valence-corrected chi connectivity index (χ4v) is 2.83. The van der Waals surface area contributed by atoms with Crippen LogP contribution in [0.25, 0.3) is 0 Å². The summed E-state index contributed by atoms with van der Waals surface area (Å²) in [4.78, 5) is 39.4. The van der Waals surface area contributed by atoms with Gasteiger partial charge < -0.3 is 15.4 Å². The lowest BCUT2D eigenvalue weighted by atomic mass is 10.2. The van der Waals surface area contributed by atoms with E-state index in [1.807, 2.05) is 12.1 Å². The average molecular weight is 394 g/mol. The van der Waals surface area contributed by atoms with Crippen molar-refractivity contribution in [1.82, 2.24) is 5.32 Å². The number of anilines is 1. The Morgan fingerprint density at radius 2 is 1.96 bits per heavy atom. The third-order valence-electron chi connectivity index (χ3n) is 3.84. The molecule has 0 spiro atoms. The molecule has 0 unspecified atom stereocenters. The van der Waals surface area contributed by atoms with Crippen LogP contribution in [0.15, 0.2) is 33.7 Å². The Balaban J connectivity index is 1.54. The number of ether oxygens (including phenoxy) is 1. The third-order valence-corrected chi connectivity index (χ3v) is 4.37. The van der Waals surface area contributed by atoms with Crippen molar-refractivity contribution in [3.05, 3.63) is 28.7 Å². The van der Waals surface area contributed by atoms with E-state index in [0.29, 0.717) is 31.4 Å². The number of benzene rings is 1. The first-order valence-corrected chi connectivity index (χ1v) is 8.45. The van der Waals surface area contributed by atoms with E-state index < -0.39 is 18.1 Å². The zero-order chi connectivity index (χ0) is 17.1. The van der Waals surface area contributed by atoms with E-state index in [9.17, 15) is 14.4 Å². The Labute approximate surface area is 147 Å². The second kappa shape index (κ2) is 7.12. The number of carbonyl (C=O) groups is 3. The first-order valence-electron chi connectivity index (χ1n) is 7.65. The number of nitrogens with one attached hydrogen (secondary N) is 2. The number of halogens is 1. The van der Waals surface area contributed by atoms with Gasteiger partial charge in [-0.3, -0.25) is 9.59 Å². The minimum atomic E-state index is -0.615. The van der Waals surface area contributed by atoms with Gasteiger partial charge in [0.15, 0.2) is 5.90 Å². The van der Waals surface area contributed by atoms with Crippen LogP contribution < -0.4 is 10.6 Å². The molecule has 126 valence electrons. The second-order valence-electron chi connectivity index (χ2n) is 5.65. The number of hydrogen-bond donors (Lipinski definition) is 2. The highest BCUT2D eigenvalue weighted by Gasteiger charge is 2.32. The summed E-state index contributed by atoms with van der Waals surface area (Å²) >= 11 is 3.33. The maximum atomic E-state index is 12.2. The van der Waals surface area contributed by atoms with Crippen molar-refractivity contribution >= 4 is 45.3 Å². The molecule has 0 aliphatic carbocycles. The second-order valence-corrected chi connectivity index (χ2v) is 6.57. The van der Waals surface area contributed by atoms with Crippen LogP contribution in [0.1, 0.15) is 25.7 Å². The minimum absolute atomic E-state index is 0.155. The highest BCUT2D eigenvalue weighted by atomic mass is 79.9. The van der Waals surface area contributed by atoms with E-state index in [1.54, 1.807) is 12.1 Å². The van der Waals surface area contributed by atoms with Crippen LogP contribution in [-0.2, 0) is 19.1 Å². The molecular formula is C16H16BrN3O4. The highest BCUT2D eigenvalue weighted by molar-refractivity contribution is 9.10. The SMILES string of the molecule is O=C1CC[C@@H](C(=O)OC2=N[C@@H](C(=O)Nc3ccc(Br)cc3)CC2)N1. The average Bonchev–Trinajstić information content (AvgIpc) is 3.19. The van der Waals surface area contributed by atoms with Crippen molar-refractivity contribution in [1.29, 1.82) is 0 Å². The Kier molecular flexibility index (Phi) is 4.94. The third kappa shape index (κ3) is 4.00. The molecule has 2 aliphatic rings. The molecule has 2 aliphatic heterocycles. The molecule has 8 heteroatoms. The lowest BCUT2D eigenvalue weighted by Gasteiger charge is -2.09. The van der Waals surface area contributed by atoms with E-state index in [0.717, 1.165) is 4.47 Å². The van der Waals surface area contributed by atoms with Crippen molar-refractivity contribution in [2.24, 2.45) is 4.99 Å². The molecular weight excluding hydrogens is 378 g/mol. The number of aliphatic imine (C=N–C) groups is 1. The van der Waals surface area contributed by atoms with Crippen LogP contribution in [-0.4, -0.2) is 35.8 Å². The lowest BCUT2D eigenvalue weighted by Crippen LogP contribution is -2.35. The van der Waals surface area contributed by atoms with Crippen LogP contribution in [0.2, 0.25) is 0 Å². The summed E-state index contributed by atoms with van der Waals surface area (Å²) in [6.07, 6.45) is 1.66. The van der Waals surface area contributed by atoms with Crippen molar-refractivity contribution in [3.63, 3.8) is 0 Å². The molecule has 3 rings (SSSR count). The van der Waals surface area contributed by atoms with Gasteiger partial charge in [-0.1, -0.05) is 15.9 Å². The van der Waals surface area contributed by atoms with E-state index in [4.69, 9.17) is 4.74 Å². The molecule has 1 fully saturated rings. The predicted octanol–water partition coefficient (Wildman–Crippen LogP) is 1.77. The van der Waals surface area contributed by atoms with Gasteiger partial charge >= 0.3 is 5.97 Å². The van der Waals surface area contributed by atoms with Gasteiger partial charge in [0, 0.05) is 23.0 Å². The largest absolute Gasteiger partial charge is 0.410 e. The number of nitrogens with zero attached hydrogens (tertiary/aromatic N) is 1. The fraction of sp³-hybridized carbons (Fsp3) is 0.375. The number of rotatable bonds is 3. The molecule has 0 bridgehead atoms. The maximum Gasteiger partial charge on any atom is 0.335 e. The van der Waals surface area contributed by atoms with Crippen molar-refractivity contribution in [2.75, 3.05) is 5.32 Å². The minimum Gasteiger partial charge on any atom is -0.410 e. The molecule has 1 saturated heterocycles. The molecule has 24 heavy (non-hydrogen) atoms. The molecule has 0 aromatic heterocycles. The van der Waals surface area contributed by atoms with Gasteiger partial charge in [0.25, 0.3) is 0 Å². The van der Waals surface area contributed by atoms with Gasteiger partial charge in [0.05, 0.1) is 0 Å². The zero-order valence-corrected chi connectivity index (χ0v) is 14.3. The Hall–Kier alpha value is -2.22. The summed E-state index contributed by atoms with van der Waals surface area (Å²) in [5, 5.41) is 5.33.